The maximum atomic E-state index is 14.5. The van der Waals surface area contributed by atoms with Crippen molar-refractivity contribution in [1.29, 1.82) is 0 Å². The summed E-state index contributed by atoms with van der Waals surface area (Å²) in [5.74, 6) is -1.15. The number of unbranched alkanes of at least 4 members (excludes halogenated alkanes) is 7. The molecule has 20 heteroatoms. The molecular formula is C66H99N9O10S. The number of amides is 9. The molecule has 2 saturated heterocycles. The van der Waals surface area contributed by atoms with Crippen LogP contribution < -0.4 is 47.9 Å². The average Bonchev–Trinajstić information content (AvgIpc) is 2.75. The molecule has 2 aliphatic heterocycles. The van der Waals surface area contributed by atoms with Gasteiger partial charge in [0.25, 0.3) is 0 Å². The number of nitrogens with one attached hydrogen (secondary N) is 9. The van der Waals surface area contributed by atoms with Crippen molar-refractivity contribution in [2.75, 3.05) is 31.9 Å². The van der Waals surface area contributed by atoms with Crippen molar-refractivity contribution in [1.82, 2.24) is 47.9 Å². The Kier molecular flexibility index (Phi) is 31.4. The lowest BCUT2D eigenvalue weighted by atomic mass is 9.88. The van der Waals surface area contributed by atoms with E-state index in [1.165, 1.54) is 0 Å². The predicted molar refractivity (Wildman–Crippen MR) is 338 cm³/mol. The van der Waals surface area contributed by atoms with E-state index in [1.807, 2.05) is 117 Å². The summed E-state index contributed by atoms with van der Waals surface area (Å²) < 4.78 is 5.56. The van der Waals surface area contributed by atoms with Crippen molar-refractivity contribution >= 4 is 59.3 Å². The standard InChI is InChI=1S/C66H99N9O10S/c1-46(2)40-52(71-61(80)50(41-47-26-12-6-13-27-47)44-55(76)51(42-48-28-14-7-15-29-48)74-65(84)85-66(3,4)5)63(82)72-53(43-49-30-16-8-17-31-49)62(81)70-39-25-11-24-38-69-58(78)34-19-9-22-36-67-57(77)33-18-10-23-37-68-59(79)35-21-20-32-56-60-54(45-86-56)73-64(83)75-60/h6-8,12-17,26-31,46,50-56,60,76H,9-11,18-25,32-45H2,1-5H3,(H,67,77)(H,68,79)(H,69,78)(H,70,81)(H,71,80)(H,72,82)(H,74,84)(H2,73,75,83)/t50-,51+,52?,53?,54?,55-,56?,60?/m1/s1. The van der Waals surface area contributed by atoms with Crippen molar-refractivity contribution in [3.8, 4) is 0 Å². The van der Waals surface area contributed by atoms with E-state index in [-0.39, 0.29) is 79.8 Å². The molecule has 3 aromatic rings. The van der Waals surface area contributed by atoms with Gasteiger partial charge in [0, 0.05) is 68.8 Å². The van der Waals surface area contributed by atoms with Gasteiger partial charge >= 0.3 is 12.1 Å². The first-order valence-corrected chi connectivity index (χ1v) is 32.5. The molecule has 2 fully saturated rings. The lowest BCUT2D eigenvalue weighted by Gasteiger charge is -2.30. The van der Waals surface area contributed by atoms with Crippen LogP contribution in [0.1, 0.15) is 160 Å². The van der Waals surface area contributed by atoms with Gasteiger partial charge in [-0.15, -0.1) is 0 Å². The first-order chi connectivity index (χ1) is 41.3. The number of hydrogen-bond acceptors (Lipinski definition) is 11. The molecule has 9 amide bonds. The summed E-state index contributed by atoms with van der Waals surface area (Å²) >= 11 is 1.89. The SMILES string of the molecule is CC(C)CC(NC(=O)[C@H](Cc1ccccc1)C[C@@H](O)[C@H](Cc1ccccc1)NC(=O)OC(C)(C)C)C(=O)NC(Cc1ccccc1)C(=O)NCCCCCNC(=O)CCCCCNC(=O)CCCCCNC(=O)CCCCC1SCC2NC(=O)NC21. The minimum atomic E-state index is -1.18. The van der Waals surface area contributed by atoms with E-state index in [1.54, 1.807) is 20.8 Å². The third-order valence-electron chi connectivity index (χ3n) is 15.3. The largest absolute Gasteiger partial charge is 0.444 e. The normalized spacial score (nSPS) is 17.1. The van der Waals surface area contributed by atoms with Gasteiger partial charge in [0.1, 0.15) is 17.7 Å². The summed E-state index contributed by atoms with van der Waals surface area (Å²) in [5.41, 5.74) is 1.79. The molecule has 2 aliphatic rings. The molecule has 5 unspecified atom stereocenters. The fourth-order valence-electron chi connectivity index (χ4n) is 10.7. The zero-order valence-corrected chi connectivity index (χ0v) is 52.4. The summed E-state index contributed by atoms with van der Waals surface area (Å²) in [4.78, 5) is 105. The summed E-state index contributed by atoms with van der Waals surface area (Å²) in [5, 5.41) is 39.0. The highest BCUT2D eigenvalue weighted by atomic mass is 32.2. The molecule has 474 valence electrons. The highest BCUT2D eigenvalue weighted by molar-refractivity contribution is 8.00. The van der Waals surface area contributed by atoms with E-state index in [0.717, 1.165) is 86.7 Å². The molecule has 3 aromatic carbocycles. The van der Waals surface area contributed by atoms with E-state index in [2.05, 4.69) is 47.9 Å². The van der Waals surface area contributed by atoms with Crippen LogP contribution in [0.3, 0.4) is 0 Å². The second-order valence-corrected chi connectivity index (χ2v) is 25.7. The number of aliphatic hydroxyl groups is 1. The van der Waals surface area contributed by atoms with Crippen LogP contribution in [0.2, 0.25) is 0 Å². The van der Waals surface area contributed by atoms with Gasteiger partial charge in [0.15, 0.2) is 0 Å². The quantitative estimate of drug-likeness (QED) is 0.0197. The van der Waals surface area contributed by atoms with Gasteiger partial charge in [-0.25, -0.2) is 9.59 Å². The molecule has 86 heavy (non-hydrogen) atoms. The fourth-order valence-corrected chi connectivity index (χ4v) is 12.3. The van der Waals surface area contributed by atoms with Crippen LogP contribution in [0.25, 0.3) is 0 Å². The van der Waals surface area contributed by atoms with E-state index < -0.39 is 53.7 Å². The minimum Gasteiger partial charge on any atom is -0.444 e. The molecule has 8 atom stereocenters. The maximum Gasteiger partial charge on any atom is 0.407 e. The molecule has 19 nitrogen and oxygen atoms in total. The van der Waals surface area contributed by atoms with Gasteiger partial charge < -0.3 is 57.7 Å². The van der Waals surface area contributed by atoms with E-state index in [4.69, 9.17) is 4.74 Å². The van der Waals surface area contributed by atoms with E-state index in [9.17, 15) is 43.5 Å². The van der Waals surface area contributed by atoms with Crippen molar-refractivity contribution in [3.63, 3.8) is 0 Å². The van der Waals surface area contributed by atoms with Crippen LogP contribution in [-0.2, 0) is 52.8 Å². The summed E-state index contributed by atoms with van der Waals surface area (Å²) in [6.45, 7) is 11.2. The number of alkyl carbamates (subject to hydrolysis) is 1. The van der Waals surface area contributed by atoms with Crippen molar-refractivity contribution in [2.24, 2.45) is 11.8 Å². The van der Waals surface area contributed by atoms with Crippen LogP contribution >= 0.6 is 11.8 Å². The average molecular weight is 1210 g/mol. The number of thioether (sulfide) groups is 1. The minimum absolute atomic E-state index is 0.0135. The Labute approximate surface area is 514 Å². The van der Waals surface area contributed by atoms with Crippen LogP contribution in [0.4, 0.5) is 9.59 Å². The molecule has 10 N–H and O–H groups in total. The zero-order chi connectivity index (χ0) is 62.1. The Bertz CT molecular complexity index is 2540. The Balaban J connectivity index is 0.974. The third kappa shape index (κ3) is 28.2. The van der Waals surface area contributed by atoms with Gasteiger partial charge in [-0.2, -0.15) is 11.8 Å². The number of aliphatic hydroxyl groups excluding tert-OH is 1. The topological polar surface area (TPSA) is 274 Å². The predicted octanol–water partition coefficient (Wildman–Crippen LogP) is 7.47. The number of benzene rings is 3. The Hall–Kier alpha value is -6.67. The summed E-state index contributed by atoms with van der Waals surface area (Å²) in [7, 11) is 0. The second-order valence-electron chi connectivity index (χ2n) is 24.5. The van der Waals surface area contributed by atoms with Gasteiger partial charge in [-0.3, -0.25) is 28.8 Å². The smallest absolute Gasteiger partial charge is 0.407 e. The van der Waals surface area contributed by atoms with E-state index >= 15 is 0 Å². The Morgan fingerprint density at radius 3 is 1.56 bits per heavy atom. The molecular weight excluding hydrogens is 1110 g/mol. The lowest BCUT2D eigenvalue weighted by Crippen LogP contribution is -2.56. The first kappa shape index (κ1) is 70.1. The van der Waals surface area contributed by atoms with Crippen LogP contribution in [0, 0.1) is 11.8 Å². The van der Waals surface area contributed by atoms with Gasteiger partial charge in [-0.1, -0.05) is 124 Å². The molecule has 5 rings (SSSR count). The monoisotopic (exact) mass is 1210 g/mol. The van der Waals surface area contributed by atoms with Crippen LogP contribution in [0.15, 0.2) is 91.0 Å². The van der Waals surface area contributed by atoms with Crippen molar-refractivity contribution < 1.29 is 48.2 Å². The number of fused-ring (bicyclic) bond motifs is 1. The van der Waals surface area contributed by atoms with Gasteiger partial charge in [0.05, 0.1) is 24.2 Å². The molecule has 0 saturated carbocycles. The summed E-state index contributed by atoms with van der Waals surface area (Å²) in [6, 6.07) is 25.8. The van der Waals surface area contributed by atoms with Gasteiger partial charge in [0.2, 0.25) is 35.4 Å². The fraction of sp³-hybridized carbons (Fsp3) is 0.606. The molecule has 0 spiro atoms. The number of carbonyl (C=O) groups is 8. The maximum absolute atomic E-state index is 14.5. The van der Waals surface area contributed by atoms with Gasteiger partial charge in [-0.05, 0) is 127 Å². The molecule has 2 heterocycles. The molecule has 0 aliphatic carbocycles. The zero-order valence-electron chi connectivity index (χ0n) is 51.6. The lowest BCUT2D eigenvalue weighted by molar-refractivity contribution is -0.134. The van der Waals surface area contributed by atoms with E-state index in [0.29, 0.717) is 63.5 Å². The molecule has 0 bridgehead atoms. The number of rotatable bonds is 40. The second kappa shape index (κ2) is 38.5. The first-order valence-electron chi connectivity index (χ1n) is 31.5. The number of carbonyl (C=O) groups excluding carboxylic acids is 8. The molecule has 0 aromatic heterocycles. The Morgan fingerprint density at radius 2 is 1.03 bits per heavy atom. The number of urea groups is 1. The molecule has 0 radical (unpaired) electrons. The summed E-state index contributed by atoms with van der Waals surface area (Å²) in [6.07, 6.45) is 10.1. The van der Waals surface area contributed by atoms with Crippen LogP contribution in [0.5, 0.6) is 0 Å². The van der Waals surface area contributed by atoms with Crippen LogP contribution in [-0.4, -0.2) is 132 Å². The highest BCUT2D eigenvalue weighted by Gasteiger charge is 2.42. The van der Waals surface area contributed by atoms with Crippen molar-refractivity contribution in [2.45, 2.75) is 210 Å². The van der Waals surface area contributed by atoms with Crippen molar-refractivity contribution in [3.05, 3.63) is 108 Å². The third-order valence-corrected chi connectivity index (χ3v) is 16.8. The number of ether oxygens (including phenoxy) is 1. The Morgan fingerprint density at radius 1 is 0.558 bits per heavy atom. The highest BCUT2D eigenvalue weighted by Crippen LogP contribution is 2.33. The number of hydrogen-bond donors (Lipinski definition) is 10.